The predicted molar refractivity (Wildman–Crippen MR) is 141 cm³/mol. The van der Waals surface area contributed by atoms with Crippen molar-refractivity contribution in [3.8, 4) is 0 Å². The summed E-state index contributed by atoms with van der Waals surface area (Å²) >= 11 is 19.5. The molecule has 0 radical (unpaired) electrons. The molecule has 1 saturated heterocycles. The normalized spacial score (nSPS) is 24.8. The van der Waals surface area contributed by atoms with E-state index >= 15 is 0 Å². The summed E-state index contributed by atoms with van der Waals surface area (Å²) in [4.78, 5) is 54.7. The highest BCUT2D eigenvalue weighted by molar-refractivity contribution is 9.12. The highest BCUT2D eigenvalue weighted by atomic mass is 79.9. The number of ketones is 1. The molecule has 184 valence electrons. The third kappa shape index (κ3) is 4.95. The van der Waals surface area contributed by atoms with Gasteiger partial charge in [-0.1, -0.05) is 92.3 Å². The van der Waals surface area contributed by atoms with Gasteiger partial charge in [0, 0.05) is 20.2 Å². The zero-order valence-corrected chi connectivity index (χ0v) is 23.4. The van der Waals surface area contributed by atoms with Crippen LogP contribution in [0, 0.1) is 11.8 Å². The summed E-state index contributed by atoms with van der Waals surface area (Å²) in [6.45, 7) is 1.73. The maximum atomic E-state index is 13.9. The highest BCUT2D eigenvalue weighted by Crippen LogP contribution is 2.44. The van der Waals surface area contributed by atoms with Gasteiger partial charge in [-0.2, -0.15) is 5.01 Å². The van der Waals surface area contributed by atoms with Crippen molar-refractivity contribution in [3.05, 3.63) is 69.7 Å². The van der Waals surface area contributed by atoms with Crippen molar-refractivity contribution in [2.75, 3.05) is 0 Å². The number of nitrogens with zero attached hydrogens (tertiary/aromatic N) is 2. The van der Waals surface area contributed by atoms with Crippen molar-refractivity contribution in [2.24, 2.45) is 11.8 Å². The minimum atomic E-state index is -1.09. The first-order chi connectivity index (χ1) is 16.6. The number of hydrazine groups is 1. The fourth-order valence-corrected chi connectivity index (χ4v) is 6.44. The topological polar surface area (TPSA) is 74.8 Å². The van der Waals surface area contributed by atoms with Crippen LogP contribution in [0.5, 0.6) is 0 Å². The van der Waals surface area contributed by atoms with Crippen LogP contribution in [0.3, 0.4) is 0 Å². The number of hydrogen-bond acceptors (Lipinski definition) is 4. The van der Waals surface area contributed by atoms with Crippen LogP contribution < -0.4 is 0 Å². The Bertz CT molecular complexity index is 1150. The molecule has 6 nitrogen and oxygen atoms in total. The Labute approximate surface area is 230 Å². The largest absolute Gasteiger partial charge is 0.292 e. The Balaban J connectivity index is 1.81. The summed E-state index contributed by atoms with van der Waals surface area (Å²) in [5.41, 5.74) is 0.416. The second-order valence-corrected chi connectivity index (χ2v) is 11.8. The van der Waals surface area contributed by atoms with Crippen molar-refractivity contribution >= 4 is 78.6 Å². The van der Waals surface area contributed by atoms with Crippen molar-refractivity contribution in [3.63, 3.8) is 0 Å². The van der Waals surface area contributed by atoms with Crippen molar-refractivity contribution in [2.45, 2.75) is 41.9 Å². The quantitative estimate of drug-likeness (QED) is 0.222. The van der Waals surface area contributed by atoms with Gasteiger partial charge in [-0.3, -0.25) is 19.2 Å². The number of alkyl halides is 2. The molecule has 3 amide bonds. The molecule has 2 fully saturated rings. The van der Waals surface area contributed by atoms with Gasteiger partial charge < -0.3 is 0 Å². The Kier molecular flexibility index (Phi) is 8.05. The van der Waals surface area contributed by atoms with Gasteiger partial charge in [0.1, 0.15) is 6.04 Å². The van der Waals surface area contributed by atoms with E-state index in [2.05, 4.69) is 31.9 Å². The van der Waals surface area contributed by atoms with E-state index in [0.29, 0.717) is 23.4 Å². The molecule has 35 heavy (non-hydrogen) atoms. The maximum absolute atomic E-state index is 13.9. The second-order valence-electron chi connectivity index (χ2n) is 8.63. The van der Waals surface area contributed by atoms with Crippen LogP contribution in [0.4, 0.5) is 0 Å². The minimum Gasteiger partial charge on any atom is -0.292 e. The van der Waals surface area contributed by atoms with E-state index in [9.17, 15) is 19.2 Å². The molecule has 2 aromatic carbocycles. The van der Waals surface area contributed by atoms with Gasteiger partial charge in [0.25, 0.3) is 17.7 Å². The number of imide groups is 1. The summed E-state index contributed by atoms with van der Waals surface area (Å²) in [5.74, 6) is -3.22. The van der Waals surface area contributed by atoms with Gasteiger partial charge in [-0.25, -0.2) is 5.01 Å². The van der Waals surface area contributed by atoms with E-state index < -0.39 is 35.6 Å². The fraction of sp³-hybridized carbons (Fsp3) is 0.360. The molecular weight excluding hydrogens is 623 g/mol. The van der Waals surface area contributed by atoms with Crippen LogP contribution in [-0.2, 0) is 9.59 Å². The first kappa shape index (κ1) is 26.3. The third-order valence-electron chi connectivity index (χ3n) is 6.52. The summed E-state index contributed by atoms with van der Waals surface area (Å²) in [6.07, 6.45) is 1.06. The lowest BCUT2D eigenvalue weighted by atomic mass is 9.81. The molecule has 1 aliphatic carbocycles. The average Bonchev–Trinajstić information content (AvgIpc) is 3.06. The molecule has 2 aromatic rings. The fourth-order valence-electron chi connectivity index (χ4n) is 4.71. The van der Waals surface area contributed by atoms with E-state index in [1.54, 1.807) is 37.3 Å². The average molecular weight is 645 g/mol. The van der Waals surface area contributed by atoms with Gasteiger partial charge in [-0.05, 0) is 37.5 Å². The molecule has 0 N–H and O–H groups in total. The van der Waals surface area contributed by atoms with E-state index in [1.165, 1.54) is 18.2 Å². The number of amides is 3. The van der Waals surface area contributed by atoms with Crippen LogP contribution >= 0.6 is 55.1 Å². The number of benzene rings is 2. The zero-order valence-electron chi connectivity index (χ0n) is 18.7. The number of fused-ring (bicyclic) bond motifs is 1. The lowest BCUT2D eigenvalue weighted by molar-refractivity contribution is -0.156. The van der Waals surface area contributed by atoms with Crippen molar-refractivity contribution < 1.29 is 19.2 Å². The van der Waals surface area contributed by atoms with Crippen molar-refractivity contribution in [1.29, 1.82) is 0 Å². The molecule has 2 aliphatic rings. The monoisotopic (exact) mass is 642 g/mol. The molecule has 0 bridgehead atoms. The summed E-state index contributed by atoms with van der Waals surface area (Å²) < 4.78 is 0. The van der Waals surface area contributed by atoms with Crippen LogP contribution in [0.2, 0.25) is 10.0 Å². The molecule has 1 heterocycles. The number of rotatable bonds is 6. The lowest BCUT2D eigenvalue weighted by Crippen LogP contribution is -2.57. The van der Waals surface area contributed by atoms with E-state index in [-0.39, 0.29) is 32.4 Å². The molecule has 1 aliphatic heterocycles. The summed E-state index contributed by atoms with van der Waals surface area (Å²) in [6, 6.07) is 11.7. The van der Waals surface area contributed by atoms with Crippen LogP contribution in [-0.4, -0.2) is 49.2 Å². The Morgan fingerprint density at radius 3 is 2.09 bits per heavy atom. The smallest absolute Gasteiger partial charge is 0.275 e. The van der Waals surface area contributed by atoms with Crippen LogP contribution in [0.15, 0.2) is 48.5 Å². The van der Waals surface area contributed by atoms with Gasteiger partial charge in [0.05, 0.1) is 22.4 Å². The molecule has 5 atom stereocenters. The van der Waals surface area contributed by atoms with Gasteiger partial charge >= 0.3 is 0 Å². The molecule has 4 rings (SSSR count). The molecule has 0 unspecified atom stereocenters. The standard InChI is InChI=1S/C25H22Br2Cl2N2O4/c1-2-21(22(32)13-6-4-3-5-7-13)30(23(33)15-9-8-14(28)10-20(15)29)31-24(34)16-11-18(26)19(27)12-17(16)25(31)35/h3-10,16-19,21H,2,11-12H2,1H3/t16-,17-,18-,19+,21-/m1/s1. The first-order valence-electron chi connectivity index (χ1n) is 11.2. The molecular formula is C25H22Br2Cl2N2O4. The second kappa shape index (κ2) is 10.7. The maximum Gasteiger partial charge on any atom is 0.275 e. The SMILES string of the molecule is CC[C@H](C(=O)c1ccccc1)N(C(=O)c1ccc(Cl)cc1Cl)N1C(=O)[C@@H]2C[C@@H](Br)[C@@H](Br)C[C@H]2C1=O. The molecule has 0 spiro atoms. The van der Waals surface area contributed by atoms with Crippen LogP contribution in [0.1, 0.15) is 46.9 Å². The van der Waals surface area contributed by atoms with Gasteiger partial charge in [-0.15, -0.1) is 0 Å². The van der Waals surface area contributed by atoms with E-state index in [1.807, 2.05) is 0 Å². The summed E-state index contributed by atoms with van der Waals surface area (Å²) in [5, 5.41) is 2.30. The number of carbonyl (C=O) groups is 4. The number of Topliss-reactive ketones (excluding diaryl/α,β-unsaturated/α-hetero) is 1. The first-order valence-corrected chi connectivity index (χ1v) is 13.8. The highest BCUT2D eigenvalue weighted by Gasteiger charge is 2.56. The number of halogens is 4. The Hall–Kier alpha value is -1.74. The van der Waals surface area contributed by atoms with E-state index in [0.717, 1.165) is 10.0 Å². The lowest BCUT2D eigenvalue weighted by Gasteiger charge is -2.36. The Morgan fingerprint density at radius 1 is 1.00 bits per heavy atom. The molecule has 1 saturated carbocycles. The molecule has 0 aromatic heterocycles. The summed E-state index contributed by atoms with van der Waals surface area (Å²) in [7, 11) is 0. The third-order valence-corrected chi connectivity index (χ3v) is 9.80. The number of carbonyl (C=O) groups excluding carboxylic acids is 4. The minimum absolute atomic E-state index is 0.00299. The molecule has 10 heteroatoms. The number of hydrogen-bond donors (Lipinski definition) is 0. The van der Waals surface area contributed by atoms with Gasteiger partial charge in [0.2, 0.25) is 0 Å². The van der Waals surface area contributed by atoms with Crippen molar-refractivity contribution in [1.82, 2.24) is 10.0 Å². The van der Waals surface area contributed by atoms with Crippen LogP contribution in [0.25, 0.3) is 0 Å². The Morgan fingerprint density at radius 2 is 1.57 bits per heavy atom. The predicted octanol–water partition coefficient (Wildman–Crippen LogP) is 5.93. The van der Waals surface area contributed by atoms with Gasteiger partial charge in [0.15, 0.2) is 5.78 Å². The van der Waals surface area contributed by atoms with E-state index in [4.69, 9.17) is 23.2 Å². The zero-order chi connectivity index (χ0) is 25.4.